The molecule has 0 spiro atoms. The van der Waals surface area contributed by atoms with E-state index in [1.807, 2.05) is 0 Å². The molecule has 6 nitrogen and oxygen atoms in total. The molecule has 76 valence electrons. The molecule has 2 N–H and O–H groups in total. The highest BCUT2D eigenvalue weighted by atomic mass is 35.5. The molecule has 14 heavy (non-hydrogen) atoms. The fraction of sp³-hybridized carbons (Fsp3) is 0.429. The van der Waals surface area contributed by atoms with Crippen LogP contribution < -0.4 is 10.6 Å². The van der Waals surface area contributed by atoms with Crippen LogP contribution in [-0.4, -0.2) is 34.3 Å². The molecular formula is C7H8ClN3O3. The van der Waals surface area contributed by atoms with E-state index in [1.54, 1.807) is 0 Å². The maximum Gasteiger partial charge on any atom is 0.271 e. The Balaban J connectivity index is 2.33. The maximum absolute atomic E-state index is 11.1. The molecule has 2 rings (SSSR count). The number of nitrogens with one attached hydrogen (secondary N) is 1. The van der Waals surface area contributed by atoms with Crippen molar-refractivity contribution in [3.05, 3.63) is 21.7 Å². The first-order valence-electron chi connectivity index (χ1n) is 4.00. The fourth-order valence-electron chi connectivity index (χ4n) is 1.17. The second kappa shape index (κ2) is 3.56. The molecule has 1 aliphatic rings. The van der Waals surface area contributed by atoms with Gasteiger partial charge in [0.2, 0.25) is 0 Å². The van der Waals surface area contributed by atoms with Gasteiger partial charge in [0, 0.05) is 0 Å². The number of anilines is 1. The standard InChI is InChI=1S/C7H8ClN3O3/c8-5-6(9-3-10-7(5)13)11-1-4(12)2-14-11/h3-4,12H,1-2H2,(H,9,10,13). The van der Waals surface area contributed by atoms with Crippen molar-refractivity contribution in [1.29, 1.82) is 0 Å². The van der Waals surface area contributed by atoms with Gasteiger partial charge < -0.3 is 10.1 Å². The van der Waals surface area contributed by atoms with E-state index >= 15 is 0 Å². The van der Waals surface area contributed by atoms with Crippen LogP contribution in [0.4, 0.5) is 5.82 Å². The van der Waals surface area contributed by atoms with Crippen molar-refractivity contribution >= 4 is 17.4 Å². The summed E-state index contributed by atoms with van der Waals surface area (Å²) in [6, 6.07) is 0. The summed E-state index contributed by atoms with van der Waals surface area (Å²) in [6.07, 6.45) is 0.657. The monoisotopic (exact) mass is 217 g/mol. The Morgan fingerprint density at radius 2 is 2.57 bits per heavy atom. The largest absolute Gasteiger partial charge is 0.389 e. The summed E-state index contributed by atoms with van der Waals surface area (Å²) >= 11 is 5.71. The van der Waals surface area contributed by atoms with Gasteiger partial charge in [0.1, 0.15) is 6.61 Å². The van der Waals surface area contributed by atoms with Crippen molar-refractivity contribution in [2.75, 3.05) is 18.2 Å². The van der Waals surface area contributed by atoms with E-state index in [1.165, 1.54) is 11.4 Å². The Labute approximate surface area is 84.0 Å². The Hall–Kier alpha value is -1.11. The Kier molecular flexibility index (Phi) is 2.40. The molecule has 0 aliphatic carbocycles. The Morgan fingerprint density at radius 1 is 1.79 bits per heavy atom. The van der Waals surface area contributed by atoms with Crippen molar-refractivity contribution < 1.29 is 9.94 Å². The molecule has 7 heteroatoms. The average molecular weight is 218 g/mol. The van der Waals surface area contributed by atoms with Crippen LogP contribution in [-0.2, 0) is 4.84 Å². The van der Waals surface area contributed by atoms with Crippen LogP contribution in [0, 0.1) is 0 Å². The molecule has 0 aromatic carbocycles. The fourth-order valence-corrected chi connectivity index (χ4v) is 1.37. The predicted molar refractivity (Wildman–Crippen MR) is 49.2 cm³/mol. The third kappa shape index (κ3) is 1.59. The number of nitrogens with zero attached hydrogens (tertiary/aromatic N) is 2. The highest BCUT2D eigenvalue weighted by molar-refractivity contribution is 6.32. The number of aromatic nitrogens is 2. The van der Waals surface area contributed by atoms with E-state index in [0.717, 1.165) is 0 Å². The second-order valence-corrected chi connectivity index (χ2v) is 3.26. The van der Waals surface area contributed by atoms with Gasteiger partial charge in [-0.1, -0.05) is 11.6 Å². The van der Waals surface area contributed by atoms with Crippen LogP contribution in [0.2, 0.25) is 5.02 Å². The molecule has 0 amide bonds. The molecule has 0 saturated carbocycles. The minimum atomic E-state index is -0.577. The van der Waals surface area contributed by atoms with Crippen molar-refractivity contribution in [3.63, 3.8) is 0 Å². The van der Waals surface area contributed by atoms with Crippen LogP contribution in [0.5, 0.6) is 0 Å². The highest BCUT2D eigenvalue weighted by Gasteiger charge is 2.25. The summed E-state index contributed by atoms with van der Waals surface area (Å²) in [5.41, 5.74) is -0.429. The highest BCUT2D eigenvalue weighted by Crippen LogP contribution is 2.21. The van der Waals surface area contributed by atoms with Gasteiger partial charge in [0.05, 0.1) is 19.0 Å². The van der Waals surface area contributed by atoms with Gasteiger partial charge in [-0.15, -0.1) is 0 Å². The van der Waals surface area contributed by atoms with E-state index in [-0.39, 0.29) is 24.0 Å². The molecule has 1 aliphatic heterocycles. The van der Waals surface area contributed by atoms with E-state index in [0.29, 0.717) is 0 Å². The van der Waals surface area contributed by atoms with Gasteiger partial charge in [-0.3, -0.25) is 9.63 Å². The molecule has 1 unspecified atom stereocenters. The first-order valence-corrected chi connectivity index (χ1v) is 4.38. The summed E-state index contributed by atoms with van der Waals surface area (Å²) in [6.45, 7) is 0.445. The second-order valence-electron chi connectivity index (χ2n) is 2.88. The smallest absolute Gasteiger partial charge is 0.271 e. The van der Waals surface area contributed by atoms with E-state index in [4.69, 9.17) is 16.4 Å². The Bertz CT molecular complexity index is 394. The zero-order valence-corrected chi connectivity index (χ0v) is 7.86. The number of hydrogen-bond donors (Lipinski definition) is 2. The van der Waals surface area contributed by atoms with Gasteiger partial charge in [0.25, 0.3) is 5.56 Å². The van der Waals surface area contributed by atoms with Crippen molar-refractivity contribution in [2.24, 2.45) is 0 Å². The Morgan fingerprint density at radius 3 is 3.21 bits per heavy atom. The quantitative estimate of drug-likeness (QED) is 0.665. The van der Waals surface area contributed by atoms with Crippen molar-refractivity contribution in [2.45, 2.75) is 6.10 Å². The first kappa shape index (κ1) is 9.45. The lowest BCUT2D eigenvalue weighted by Crippen LogP contribution is -2.24. The lowest BCUT2D eigenvalue weighted by molar-refractivity contribution is 0.115. The molecule has 0 radical (unpaired) electrons. The normalized spacial score (nSPS) is 21.6. The topological polar surface area (TPSA) is 78.5 Å². The zero-order valence-electron chi connectivity index (χ0n) is 7.11. The number of aliphatic hydroxyl groups is 1. The summed E-state index contributed by atoms with van der Waals surface area (Å²) in [7, 11) is 0. The van der Waals surface area contributed by atoms with Gasteiger partial charge in [0.15, 0.2) is 10.8 Å². The molecule has 1 aromatic heterocycles. The van der Waals surface area contributed by atoms with Gasteiger partial charge in [-0.2, -0.15) is 0 Å². The third-order valence-electron chi connectivity index (χ3n) is 1.81. The molecule has 1 atom stereocenters. The number of rotatable bonds is 1. The number of aliphatic hydroxyl groups excluding tert-OH is 1. The van der Waals surface area contributed by atoms with Gasteiger partial charge >= 0.3 is 0 Å². The summed E-state index contributed by atoms with van der Waals surface area (Å²) in [5.74, 6) is 0.229. The number of β-amino-alcohol motifs (C(OH)–C–C–N with tert-alkyl or cyclic N) is 1. The summed E-state index contributed by atoms with van der Waals surface area (Å²) in [5, 5.41) is 10.5. The van der Waals surface area contributed by atoms with Crippen LogP contribution >= 0.6 is 11.6 Å². The molecular weight excluding hydrogens is 210 g/mol. The van der Waals surface area contributed by atoms with Crippen LogP contribution in [0.1, 0.15) is 0 Å². The van der Waals surface area contributed by atoms with Crippen molar-refractivity contribution in [3.8, 4) is 0 Å². The molecule has 1 saturated heterocycles. The van der Waals surface area contributed by atoms with E-state index < -0.39 is 11.7 Å². The average Bonchev–Trinajstić information content (AvgIpc) is 2.57. The van der Waals surface area contributed by atoms with Gasteiger partial charge in [-0.05, 0) is 0 Å². The number of halogens is 1. The van der Waals surface area contributed by atoms with E-state index in [9.17, 15) is 9.90 Å². The number of hydrogen-bond acceptors (Lipinski definition) is 5. The number of H-pyrrole nitrogens is 1. The van der Waals surface area contributed by atoms with E-state index in [2.05, 4.69) is 9.97 Å². The lowest BCUT2D eigenvalue weighted by Gasteiger charge is -2.14. The van der Waals surface area contributed by atoms with Crippen LogP contribution in [0.3, 0.4) is 0 Å². The SMILES string of the molecule is O=c1[nH]cnc(N2CC(O)CO2)c1Cl. The molecule has 2 heterocycles. The van der Waals surface area contributed by atoms with Crippen LogP contribution in [0.15, 0.2) is 11.1 Å². The number of aromatic amines is 1. The predicted octanol–water partition coefficient (Wildman–Crippen LogP) is -0.464. The minimum Gasteiger partial charge on any atom is -0.389 e. The molecule has 1 aromatic rings. The summed E-state index contributed by atoms with van der Waals surface area (Å²) < 4.78 is 0. The van der Waals surface area contributed by atoms with Crippen LogP contribution in [0.25, 0.3) is 0 Å². The lowest BCUT2D eigenvalue weighted by atomic mass is 10.4. The third-order valence-corrected chi connectivity index (χ3v) is 2.15. The number of hydroxylamine groups is 1. The summed E-state index contributed by atoms with van der Waals surface area (Å²) in [4.78, 5) is 22.4. The molecule has 0 bridgehead atoms. The van der Waals surface area contributed by atoms with Crippen molar-refractivity contribution in [1.82, 2.24) is 9.97 Å². The van der Waals surface area contributed by atoms with Gasteiger partial charge in [-0.25, -0.2) is 10.0 Å². The maximum atomic E-state index is 11.1. The minimum absolute atomic E-state index is 0.0402. The molecule has 1 fully saturated rings. The zero-order chi connectivity index (χ0) is 10.1. The first-order chi connectivity index (χ1) is 6.68.